The van der Waals surface area contributed by atoms with Gasteiger partial charge in [-0.3, -0.25) is 9.59 Å². The summed E-state index contributed by atoms with van der Waals surface area (Å²) in [5, 5.41) is 0. The molecule has 4 nitrogen and oxygen atoms in total. The average molecular weight is 414 g/mol. The van der Waals surface area contributed by atoms with Crippen molar-refractivity contribution >= 4 is 34.4 Å². The third-order valence-electron chi connectivity index (χ3n) is 4.31. The van der Waals surface area contributed by atoms with Gasteiger partial charge in [0.1, 0.15) is 0 Å². The van der Waals surface area contributed by atoms with E-state index in [2.05, 4.69) is 22.6 Å². The summed E-state index contributed by atoms with van der Waals surface area (Å²) in [5.74, 6) is 0.393. The van der Waals surface area contributed by atoms with Gasteiger partial charge in [-0.05, 0) is 61.4 Å². The van der Waals surface area contributed by atoms with Crippen LogP contribution in [-0.4, -0.2) is 47.8 Å². The zero-order valence-corrected chi connectivity index (χ0v) is 15.4. The van der Waals surface area contributed by atoms with Crippen molar-refractivity contribution in [1.82, 2.24) is 9.80 Å². The summed E-state index contributed by atoms with van der Waals surface area (Å²) >= 11 is 2.20. The average Bonchev–Trinajstić information content (AvgIpc) is 2.56. The third-order valence-corrected chi connectivity index (χ3v) is 5.25. The molecule has 1 saturated heterocycles. The van der Waals surface area contributed by atoms with E-state index < -0.39 is 0 Å². The van der Waals surface area contributed by atoms with Crippen LogP contribution in [0.25, 0.3) is 0 Å². The molecule has 0 aliphatic carbocycles. The number of halogens is 1. The quantitative estimate of drug-likeness (QED) is 0.711. The van der Waals surface area contributed by atoms with Crippen LogP contribution in [0.2, 0.25) is 0 Å². The van der Waals surface area contributed by atoms with Crippen molar-refractivity contribution in [2.45, 2.75) is 26.7 Å². The fourth-order valence-corrected chi connectivity index (χ4v) is 3.55. The molecule has 5 heteroatoms. The van der Waals surface area contributed by atoms with Gasteiger partial charge in [0.15, 0.2) is 0 Å². The summed E-state index contributed by atoms with van der Waals surface area (Å²) in [4.78, 5) is 28.7. The van der Waals surface area contributed by atoms with E-state index in [0.29, 0.717) is 13.1 Å². The Hall–Kier alpha value is -1.11. The van der Waals surface area contributed by atoms with E-state index in [0.717, 1.165) is 35.1 Å². The van der Waals surface area contributed by atoms with Gasteiger partial charge in [0.25, 0.3) is 5.91 Å². The van der Waals surface area contributed by atoms with Gasteiger partial charge in [-0.15, -0.1) is 0 Å². The second-order valence-corrected chi connectivity index (χ2v) is 6.72. The molecule has 1 aromatic rings. The van der Waals surface area contributed by atoms with Crippen LogP contribution in [0.15, 0.2) is 24.3 Å². The van der Waals surface area contributed by atoms with Crippen LogP contribution in [0.5, 0.6) is 0 Å². The maximum atomic E-state index is 12.6. The maximum absolute atomic E-state index is 12.6. The highest BCUT2D eigenvalue weighted by Gasteiger charge is 2.30. The molecule has 1 aliphatic rings. The lowest BCUT2D eigenvalue weighted by atomic mass is 9.94. The van der Waals surface area contributed by atoms with Crippen LogP contribution in [-0.2, 0) is 4.79 Å². The maximum Gasteiger partial charge on any atom is 0.254 e. The molecule has 22 heavy (non-hydrogen) atoms. The van der Waals surface area contributed by atoms with E-state index in [-0.39, 0.29) is 17.7 Å². The van der Waals surface area contributed by atoms with Gasteiger partial charge in [-0.1, -0.05) is 12.1 Å². The van der Waals surface area contributed by atoms with E-state index in [1.165, 1.54) is 0 Å². The minimum Gasteiger partial charge on any atom is -0.343 e. The van der Waals surface area contributed by atoms with Crippen LogP contribution in [0.1, 0.15) is 37.0 Å². The first-order valence-electron chi connectivity index (χ1n) is 7.91. The number of piperidine rings is 1. The van der Waals surface area contributed by atoms with Gasteiger partial charge in [-0.2, -0.15) is 0 Å². The number of likely N-dealkylation sites (tertiary alicyclic amines) is 1. The van der Waals surface area contributed by atoms with Gasteiger partial charge < -0.3 is 9.80 Å². The standard InChI is InChI=1S/C17H23IN2O2/c1-3-19(4-2)16(21)13-9-11-20(12-10-13)17(22)14-7-5-6-8-15(14)18/h5-8,13H,3-4,9-12H2,1-2H3. The Morgan fingerprint density at radius 2 is 1.77 bits per heavy atom. The molecule has 1 aromatic carbocycles. The number of rotatable bonds is 4. The zero-order valence-electron chi connectivity index (χ0n) is 13.2. The number of amides is 2. The predicted octanol–water partition coefficient (Wildman–Crippen LogP) is 3.01. The molecular formula is C17H23IN2O2. The van der Waals surface area contributed by atoms with Crippen molar-refractivity contribution in [3.05, 3.63) is 33.4 Å². The molecule has 2 rings (SSSR count). The Morgan fingerprint density at radius 3 is 2.32 bits per heavy atom. The van der Waals surface area contributed by atoms with E-state index in [1.807, 2.05) is 47.9 Å². The zero-order chi connectivity index (χ0) is 16.1. The topological polar surface area (TPSA) is 40.6 Å². The van der Waals surface area contributed by atoms with Crippen molar-refractivity contribution < 1.29 is 9.59 Å². The van der Waals surface area contributed by atoms with Gasteiger partial charge in [0.05, 0.1) is 5.56 Å². The number of benzene rings is 1. The number of nitrogens with zero attached hydrogens (tertiary/aromatic N) is 2. The number of hydrogen-bond donors (Lipinski definition) is 0. The lowest BCUT2D eigenvalue weighted by Crippen LogP contribution is -2.44. The fraction of sp³-hybridized carbons (Fsp3) is 0.529. The van der Waals surface area contributed by atoms with Gasteiger partial charge in [-0.25, -0.2) is 0 Å². The molecule has 0 aromatic heterocycles. The largest absolute Gasteiger partial charge is 0.343 e. The van der Waals surface area contributed by atoms with Crippen molar-refractivity contribution in [3.63, 3.8) is 0 Å². The van der Waals surface area contributed by atoms with Crippen LogP contribution in [0, 0.1) is 9.49 Å². The van der Waals surface area contributed by atoms with Crippen LogP contribution >= 0.6 is 22.6 Å². The van der Waals surface area contributed by atoms with Gasteiger partial charge in [0.2, 0.25) is 5.91 Å². The summed E-state index contributed by atoms with van der Waals surface area (Å²) in [6.07, 6.45) is 1.54. The molecule has 0 saturated carbocycles. The smallest absolute Gasteiger partial charge is 0.254 e. The van der Waals surface area contributed by atoms with E-state index in [1.54, 1.807) is 0 Å². The second-order valence-electron chi connectivity index (χ2n) is 5.56. The molecule has 0 N–H and O–H groups in total. The SMILES string of the molecule is CCN(CC)C(=O)C1CCN(C(=O)c2ccccc2I)CC1. The van der Waals surface area contributed by atoms with Crippen molar-refractivity contribution in [1.29, 1.82) is 0 Å². The molecule has 120 valence electrons. The minimum absolute atomic E-state index is 0.0683. The lowest BCUT2D eigenvalue weighted by molar-refractivity contribution is -0.136. The first kappa shape index (κ1) is 17.2. The first-order chi connectivity index (χ1) is 10.6. The molecule has 0 spiro atoms. The first-order valence-corrected chi connectivity index (χ1v) is 8.98. The Balaban J connectivity index is 1.96. The monoisotopic (exact) mass is 414 g/mol. The van der Waals surface area contributed by atoms with Crippen molar-refractivity contribution in [3.8, 4) is 0 Å². The molecule has 0 unspecified atom stereocenters. The third kappa shape index (κ3) is 3.80. The summed E-state index contributed by atoms with van der Waals surface area (Å²) < 4.78 is 0.978. The van der Waals surface area contributed by atoms with Gasteiger partial charge >= 0.3 is 0 Å². The van der Waals surface area contributed by atoms with E-state index in [4.69, 9.17) is 0 Å². The molecule has 1 aliphatic heterocycles. The van der Waals surface area contributed by atoms with Crippen molar-refractivity contribution in [2.24, 2.45) is 5.92 Å². The van der Waals surface area contributed by atoms with Crippen molar-refractivity contribution in [2.75, 3.05) is 26.2 Å². The summed E-state index contributed by atoms with van der Waals surface area (Å²) in [7, 11) is 0. The number of carbonyl (C=O) groups excluding carboxylic acids is 2. The molecule has 2 amide bonds. The summed E-state index contributed by atoms with van der Waals surface area (Å²) in [6, 6.07) is 7.65. The Morgan fingerprint density at radius 1 is 1.18 bits per heavy atom. The van der Waals surface area contributed by atoms with E-state index >= 15 is 0 Å². The molecule has 0 bridgehead atoms. The minimum atomic E-state index is 0.0683. The Labute approximate surface area is 146 Å². The van der Waals surface area contributed by atoms with Gasteiger partial charge in [0, 0.05) is 35.7 Å². The highest BCUT2D eigenvalue weighted by molar-refractivity contribution is 14.1. The van der Waals surface area contributed by atoms with Crippen LogP contribution in [0.3, 0.4) is 0 Å². The molecule has 1 fully saturated rings. The predicted molar refractivity (Wildman–Crippen MR) is 95.7 cm³/mol. The molecule has 0 radical (unpaired) electrons. The van der Waals surface area contributed by atoms with Crippen LogP contribution in [0.4, 0.5) is 0 Å². The normalized spacial score (nSPS) is 15.7. The Kier molecular flexibility index (Phi) is 6.23. The highest BCUT2D eigenvalue weighted by Crippen LogP contribution is 2.22. The molecule has 0 atom stereocenters. The highest BCUT2D eigenvalue weighted by atomic mass is 127. The molecule has 1 heterocycles. The fourth-order valence-electron chi connectivity index (χ4n) is 2.93. The number of hydrogen-bond acceptors (Lipinski definition) is 2. The van der Waals surface area contributed by atoms with Crippen LogP contribution < -0.4 is 0 Å². The number of carbonyl (C=O) groups is 2. The lowest BCUT2D eigenvalue weighted by Gasteiger charge is -2.34. The summed E-state index contributed by atoms with van der Waals surface area (Å²) in [5.41, 5.74) is 0.761. The molecular weight excluding hydrogens is 391 g/mol. The van der Waals surface area contributed by atoms with E-state index in [9.17, 15) is 9.59 Å². The summed E-state index contributed by atoms with van der Waals surface area (Å²) in [6.45, 7) is 6.88. The second kappa shape index (κ2) is 7.94. The Bertz CT molecular complexity index is 535.